The molecule has 0 amide bonds. The summed E-state index contributed by atoms with van der Waals surface area (Å²) in [6, 6.07) is 9.65. The Morgan fingerprint density at radius 3 is 2.81 bits per heavy atom. The second kappa shape index (κ2) is 7.96. The van der Waals surface area contributed by atoms with Crippen LogP contribution in [0.1, 0.15) is 18.4 Å². The number of benzene rings is 1. The Labute approximate surface area is 122 Å². The molecule has 0 saturated carbocycles. The number of aromatic nitrogens is 2. The highest BCUT2D eigenvalue weighted by Crippen LogP contribution is 2.18. The summed E-state index contributed by atoms with van der Waals surface area (Å²) in [7, 11) is 0. The highest BCUT2D eigenvalue weighted by molar-refractivity contribution is 5.66. The minimum atomic E-state index is -0.768. The molecule has 0 saturated heterocycles. The van der Waals surface area contributed by atoms with Crippen LogP contribution < -0.4 is 10.1 Å². The number of carboxylic acids is 1. The Morgan fingerprint density at radius 2 is 2.05 bits per heavy atom. The lowest BCUT2D eigenvalue weighted by molar-refractivity contribution is -0.137. The molecule has 1 aromatic carbocycles. The summed E-state index contributed by atoms with van der Waals surface area (Å²) in [4.78, 5) is 18.4. The monoisotopic (exact) mass is 287 g/mol. The van der Waals surface area contributed by atoms with Crippen LogP contribution in [0, 0.1) is 0 Å². The molecule has 6 heteroatoms. The van der Waals surface area contributed by atoms with Crippen LogP contribution in [0.15, 0.2) is 42.7 Å². The molecule has 1 heterocycles. The number of aliphatic carboxylic acids is 1. The summed E-state index contributed by atoms with van der Waals surface area (Å²) in [5.41, 5.74) is 1.05. The Morgan fingerprint density at radius 1 is 1.24 bits per heavy atom. The molecule has 2 aromatic rings. The van der Waals surface area contributed by atoms with Gasteiger partial charge in [0.25, 0.3) is 0 Å². The minimum absolute atomic E-state index is 0.182. The quantitative estimate of drug-likeness (QED) is 0.724. The lowest BCUT2D eigenvalue weighted by Crippen LogP contribution is -2.15. The van der Waals surface area contributed by atoms with Gasteiger partial charge >= 0.3 is 12.0 Å². The first-order valence-electron chi connectivity index (χ1n) is 6.70. The molecule has 0 aliphatic heterocycles. The number of ether oxygens (including phenoxy) is 1. The van der Waals surface area contributed by atoms with Gasteiger partial charge in [0.05, 0.1) is 0 Å². The summed E-state index contributed by atoms with van der Waals surface area (Å²) in [6.45, 7) is 1.33. The van der Waals surface area contributed by atoms with Crippen molar-refractivity contribution in [2.24, 2.45) is 0 Å². The van der Waals surface area contributed by atoms with E-state index in [-0.39, 0.29) is 6.42 Å². The van der Waals surface area contributed by atoms with Crippen molar-refractivity contribution in [1.82, 2.24) is 15.3 Å². The van der Waals surface area contributed by atoms with Gasteiger partial charge in [0, 0.05) is 25.4 Å². The van der Waals surface area contributed by atoms with E-state index in [0.29, 0.717) is 31.3 Å². The van der Waals surface area contributed by atoms with Gasteiger partial charge in [-0.05, 0) is 36.7 Å². The smallest absolute Gasteiger partial charge is 0.321 e. The van der Waals surface area contributed by atoms with Gasteiger partial charge in [0.2, 0.25) is 0 Å². The zero-order chi connectivity index (χ0) is 14.9. The number of rotatable bonds is 8. The van der Waals surface area contributed by atoms with Crippen molar-refractivity contribution in [1.29, 1.82) is 0 Å². The van der Waals surface area contributed by atoms with Crippen LogP contribution in [0.2, 0.25) is 0 Å². The number of nitrogens with one attached hydrogen (secondary N) is 1. The maximum absolute atomic E-state index is 10.4. The lowest BCUT2D eigenvalue weighted by atomic mass is 10.2. The molecule has 0 aliphatic rings. The van der Waals surface area contributed by atoms with Crippen LogP contribution in [0.25, 0.3) is 0 Å². The first-order chi connectivity index (χ1) is 10.2. The number of carboxylic acid groups (broad SMARTS) is 1. The highest BCUT2D eigenvalue weighted by Gasteiger charge is 2.01. The van der Waals surface area contributed by atoms with Gasteiger partial charge in [-0.25, -0.2) is 9.97 Å². The Bertz CT molecular complexity index is 575. The number of carbonyl (C=O) groups is 1. The van der Waals surface area contributed by atoms with E-state index in [1.165, 1.54) is 0 Å². The second-order valence-corrected chi connectivity index (χ2v) is 4.45. The van der Waals surface area contributed by atoms with E-state index in [4.69, 9.17) is 9.84 Å². The molecule has 0 radical (unpaired) electrons. The minimum Gasteiger partial charge on any atom is -0.481 e. The molecule has 6 nitrogen and oxygen atoms in total. The lowest BCUT2D eigenvalue weighted by Gasteiger charge is -2.07. The topological polar surface area (TPSA) is 84.3 Å². The molecule has 21 heavy (non-hydrogen) atoms. The van der Waals surface area contributed by atoms with E-state index in [2.05, 4.69) is 15.3 Å². The number of nitrogens with zero attached hydrogens (tertiary/aromatic N) is 2. The Hall–Kier alpha value is -2.47. The molecule has 1 aromatic heterocycles. The van der Waals surface area contributed by atoms with Crippen molar-refractivity contribution in [2.45, 2.75) is 19.4 Å². The summed E-state index contributed by atoms with van der Waals surface area (Å²) < 4.78 is 5.55. The molecule has 0 aliphatic carbocycles. The summed E-state index contributed by atoms with van der Waals surface area (Å²) >= 11 is 0. The third-order valence-corrected chi connectivity index (χ3v) is 2.72. The van der Waals surface area contributed by atoms with Gasteiger partial charge < -0.3 is 15.2 Å². The average Bonchev–Trinajstić information content (AvgIpc) is 2.48. The SMILES string of the molecule is O=C(O)CCCNCc1cccc(Oc2ncccn2)c1. The first-order valence-corrected chi connectivity index (χ1v) is 6.70. The van der Waals surface area contributed by atoms with Crippen molar-refractivity contribution >= 4 is 5.97 Å². The predicted octanol–water partition coefficient (Wildman–Crippen LogP) is 2.22. The zero-order valence-corrected chi connectivity index (χ0v) is 11.5. The molecule has 2 N–H and O–H groups in total. The summed E-state index contributed by atoms with van der Waals surface area (Å²) in [5, 5.41) is 11.7. The fourth-order valence-electron chi connectivity index (χ4n) is 1.76. The van der Waals surface area contributed by atoms with Crippen LogP contribution >= 0.6 is 0 Å². The molecule has 0 bridgehead atoms. The Balaban J connectivity index is 1.82. The number of hydrogen-bond donors (Lipinski definition) is 2. The van der Waals surface area contributed by atoms with Crippen LogP contribution in [0.4, 0.5) is 0 Å². The fraction of sp³-hybridized carbons (Fsp3) is 0.267. The van der Waals surface area contributed by atoms with Crippen LogP contribution in [0.5, 0.6) is 11.8 Å². The third kappa shape index (κ3) is 5.58. The second-order valence-electron chi connectivity index (χ2n) is 4.45. The molecule has 0 fully saturated rings. The molecular formula is C15H17N3O3. The summed E-state index contributed by atoms with van der Waals surface area (Å²) in [6.07, 6.45) is 4.04. The van der Waals surface area contributed by atoms with E-state index in [9.17, 15) is 4.79 Å². The van der Waals surface area contributed by atoms with Gasteiger partial charge in [-0.3, -0.25) is 4.79 Å². The van der Waals surface area contributed by atoms with E-state index >= 15 is 0 Å². The third-order valence-electron chi connectivity index (χ3n) is 2.72. The van der Waals surface area contributed by atoms with Gasteiger partial charge in [-0.15, -0.1) is 0 Å². The van der Waals surface area contributed by atoms with Crippen molar-refractivity contribution < 1.29 is 14.6 Å². The van der Waals surface area contributed by atoms with Crippen molar-refractivity contribution in [2.75, 3.05) is 6.54 Å². The molecule has 0 spiro atoms. The van der Waals surface area contributed by atoms with Gasteiger partial charge in [-0.1, -0.05) is 12.1 Å². The summed E-state index contributed by atoms with van der Waals surface area (Å²) in [5.74, 6) is -0.0962. The maximum Gasteiger partial charge on any atom is 0.321 e. The molecule has 0 unspecified atom stereocenters. The standard InChI is InChI=1S/C15H17N3O3/c19-14(20)6-2-7-16-11-12-4-1-5-13(10-12)21-15-17-8-3-9-18-15/h1,3-5,8-10,16H,2,6-7,11H2,(H,19,20). The van der Waals surface area contributed by atoms with Gasteiger partial charge in [-0.2, -0.15) is 0 Å². The molecular weight excluding hydrogens is 270 g/mol. The van der Waals surface area contributed by atoms with E-state index in [0.717, 1.165) is 5.56 Å². The number of hydrogen-bond acceptors (Lipinski definition) is 5. The van der Waals surface area contributed by atoms with Gasteiger partial charge in [0.15, 0.2) is 0 Å². The van der Waals surface area contributed by atoms with Gasteiger partial charge in [0.1, 0.15) is 5.75 Å². The van der Waals surface area contributed by atoms with Crippen LogP contribution in [-0.2, 0) is 11.3 Å². The normalized spacial score (nSPS) is 10.3. The van der Waals surface area contributed by atoms with Crippen LogP contribution in [0.3, 0.4) is 0 Å². The Kier molecular flexibility index (Phi) is 5.66. The van der Waals surface area contributed by atoms with Crippen molar-refractivity contribution in [3.8, 4) is 11.8 Å². The molecule has 110 valence electrons. The molecule has 2 rings (SSSR count). The highest BCUT2D eigenvalue weighted by atomic mass is 16.5. The van der Waals surface area contributed by atoms with Crippen molar-refractivity contribution in [3.05, 3.63) is 48.3 Å². The zero-order valence-electron chi connectivity index (χ0n) is 11.5. The maximum atomic E-state index is 10.4. The molecule has 0 atom stereocenters. The van der Waals surface area contributed by atoms with E-state index < -0.39 is 5.97 Å². The largest absolute Gasteiger partial charge is 0.481 e. The van der Waals surface area contributed by atoms with Crippen molar-refractivity contribution in [3.63, 3.8) is 0 Å². The average molecular weight is 287 g/mol. The fourth-order valence-corrected chi connectivity index (χ4v) is 1.76. The van der Waals surface area contributed by atoms with E-state index in [1.807, 2.05) is 24.3 Å². The first kappa shape index (κ1) is 14.9. The predicted molar refractivity (Wildman–Crippen MR) is 77.1 cm³/mol. The van der Waals surface area contributed by atoms with Crippen LogP contribution in [-0.4, -0.2) is 27.6 Å². The van der Waals surface area contributed by atoms with E-state index in [1.54, 1.807) is 18.5 Å².